The Balaban J connectivity index is 0.000000794. The van der Waals surface area contributed by atoms with Crippen LogP contribution in [0, 0.1) is 6.92 Å². The van der Waals surface area contributed by atoms with Gasteiger partial charge in [-0.15, -0.1) is 0 Å². The minimum atomic E-state index is -0.0905. The van der Waals surface area contributed by atoms with Crippen molar-refractivity contribution in [2.24, 2.45) is 0 Å². The molecule has 9 nitrogen and oxygen atoms in total. The number of anilines is 2. The van der Waals surface area contributed by atoms with Crippen LogP contribution in [0.25, 0.3) is 17.2 Å². The van der Waals surface area contributed by atoms with Gasteiger partial charge in [0, 0.05) is 75.0 Å². The number of nitrogens with zero attached hydrogens (tertiary/aromatic N) is 3. The molecule has 264 valence electrons. The molecule has 3 aromatic carbocycles. The minimum absolute atomic E-state index is 0.0905. The highest BCUT2D eigenvalue weighted by Crippen LogP contribution is 2.36. The van der Waals surface area contributed by atoms with Gasteiger partial charge in [-0.3, -0.25) is 9.69 Å². The third-order valence-corrected chi connectivity index (χ3v) is 9.44. The highest BCUT2D eigenvalue weighted by molar-refractivity contribution is 6.07. The molecule has 3 aliphatic rings. The first-order valence-corrected chi connectivity index (χ1v) is 18.0. The fourth-order valence-corrected chi connectivity index (χ4v) is 6.73. The van der Waals surface area contributed by atoms with E-state index in [4.69, 9.17) is 18.6 Å². The molecule has 0 saturated carbocycles. The number of ether oxygens (including phenoxy) is 3. The van der Waals surface area contributed by atoms with Gasteiger partial charge in [-0.2, -0.15) is 0 Å². The topological polar surface area (TPSA) is 89.3 Å². The molecular formula is C41H50N4O5. The van der Waals surface area contributed by atoms with Crippen LogP contribution in [0.2, 0.25) is 0 Å². The summed E-state index contributed by atoms with van der Waals surface area (Å²) in [5.74, 6) is 1.39. The van der Waals surface area contributed by atoms with Crippen molar-refractivity contribution in [3.8, 4) is 16.9 Å². The third kappa shape index (κ3) is 9.41. The molecule has 9 heteroatoms. The van der Waals surface area contributed by atoms with Gasteiger partial charge in [0.1, 0.15) is 12.0 Å². The average molecular weight is 679 g/mol. The van der Waals surface area contributed by atoms with Gasteiger partial charge in [-0.1, -0.05) is 36.4 Å². The van der Waals surface area contributed by atoms with E-state index in [1.807, 2.05) is 50.3 Å². The number of benzene rings is 3. The van der Waals surface area contributed by atoms with E-state index in [2.05, 4.69) is 63.5 Å². The molecule has 0 bridgehead atoms. The van der Waals surface area contributed by atoms with E-state index < -0.39 is 0 Å². The van der Waals surface area contributed by atoms with Gasteiger partial charge < -0.3 is 28.8 Å². The molecular weight excluding hydrogens is 628 g/mol. The van der Waals surface area contributed by atoms with Crippen LogP contribution in [0.4, 0.5) is 11.4 Å². The first-order valence-electron chi connectivity index (χ1n) is 18.0. The molecule has 0 aliphatic carbocycles. The van der Waals surface area contributed by atoms with Crippen molar-refractivity contribution in [2.45, 2.75) is 65.1 Å². The molecule has 1 aromatic heterocycles. The highest BCUT2D eigenvalue weighted by Gasteiger charge is 2.22. The molecule has 3 aliphatic heterocycles. The SMILES string of the molecule is C1CCOC1.CCOc1ccccc1-c1ccc2c(c1)C=C(C(=O)Nc1ccc(CN(C)C3CCOCC3)cc1)CCN2Cc1coc(C)n1. The number of rotatable bonds is 10. The van der Waals surface area contributed by atoms with Gasteiger partial charge in [-0.25, -0.2) is 4.98 Å². The van der Waals surface area contributed by atoms with Crippen LogP contribution in [0.1, 0.15) is 61.7 Å². The summed E-state index contributed by atoms with van der Waals surface area (Å²) in [6.45, 7) is 10.2. The number of oxazole rings is 1. The maximum atomic E-state index is 13.7. The Bertz CT molecular complexity index is 1720. The standard InChI is InChI=1S/C37H42N4O4.C4H8O/c1-4-44-36-8-6-5-7-34(36)28-11-14-35-30(21-28)22-29(15-18-41(35)24-32-25-45-26(2)38-32)37(42)39-31-12-9-27(10-13-31)23-40(3)33-16-19-43-20-17-33;1-2-4-5-3-1/h5-14,21-22,25,33H,4,15-20,23-24H2,1-3H3,(H,39,42);1-4H2. The van der Waals surface area contributed by atoms with E-state index in [1.165, 1.54) is 18.4 Å². The average Bonchev–Trinajstić information content (AvgIpc) is 3.83. The van der Waals surface area contributed by atoms with Gasteiger partial charge in [0.05, 0.1) is 18.8 Å². The summed E-state index contributed by atoms with van der Waals surface area (Å²) in [7, 11) is 2.18. The van der Waals surface area contributed by atoms with Gasteiger partial charge in [-0.05, 0) is 99.2 Å². The van der Waals surface area contributed by atoms with Crippen molar-refractivity contribution in [1.29, 1.82) is 0 Å². The van der Waals surface area contributed by atoms with Crippen molar-refractivity contribution < 1.29 is 23.4 Å². The molecule has 1 amide bonds. The smallest absolute Gasteiger partial charge is 0.251 e. The Morgan fingerprint density at radius 1 is 1.00 bits per heavy atom. The summed E-state index contributed by atoms with van der Waals surface area (Å²) in [6.07, 6.45) is 9.02. The second-order valence-corrected chi connectivity index (χ2v) is 13.1. The maximum absolute atomic E-state index is 13.7. The molecule has 2 saturated heterocycles. The van der Waals surface area contributed by atoms with Crippen LogP contribution in [-0.2, 0) is 27.4 Å². The van der Waals surface area contributed by atoms with Gasteiger partial charge >= 0.3 is 0 Å². The van der Waals surface area contributed by atoms with Gasteiger partial charge in [0.2, 0.25) is 0 Å². The number of aryl methyl sites for hydroxylation is 1. The lowest BCUT2D eigenvalue weighted by Crippen LogP contribution is -2.36. The lowest BCUT2D eigenvalue weighted by Gasteiger charge is -2.31. The Morgan fingerprint density at radius 2 is 1.76 bits per heavy atom. The molecule has 4 heterocycles. The number of carbonyl (C=O) groups excluding carboxylic acids is 1. The number of hydrogen-bond donors (Lipinski definition) is 1. The summed E-state index contributed by atoms with van der Waals surface area (Å²) in [5, 5.41) is 3.15. The minimum Gasteiger partial charge on any atom is -0.493 e. The zero-order chi connectivity index (χ0) is 34.7. The molecule has 7 rings (SSSR count). The fourth-order valence-electron chi connectivity index (χ4n) is 6.73. The molecule has 1 N–H and O–H groups in total. The van der Waals surface area contributed by atoms with Crippen molar-refractivity contribution in [3.63, 3.8) is 0 Å². The number of amides is 1. The number of fused-ring (bicyclic) bond motifs is 1. The predicted octanol–water partition coefficient (Wildman–Crippen LogP) is 7.89. The van der Waals surface area contributed by atoms with Crippen LogP contribution in [0.3, 0.4) is 0 Å². The fraction of sp³-hybridized carbons (Fsp3) is 0.415. The van der Waals surface area contributed by atoms with Crippen LogP contribution < -0.4 is 15.0 Å². The molecule has 4 aromatic rings. The van der Waals surface area contributed by atoms with E-state index in [9.17, 15) is 4.79 Å². The summed E-state index contributed by atoms with van der Waals surface area (Å²) < 4.78 is 21.9. The first kappa shape index (κ1) is 35.4. The molecule has 0 unspecified atom stereocenters. The zero-order valence-electron chi connectivity index (χ0n) is 29.7. The zero-order valence-corrected chi connectivity index (χ0v) is 29.7. The Kier molecular flexibility index (Phi) is 12.4. The van der Waals surface area contributed by atoms with Gasteiger partial charge in [0.15, 0.2) is 5.89 Å². The largest absolute Gasteiger partial charge is 0.493 e. The molecule has 0 atom stereocenters. The predicted molar refractivity (Wildman–Crippen MR) is 198 cm³/mol. The number of carbonyl (C=O) groups is 1. The Labute approximate surface area is 296 Å². The number of aromatic nitrogens is 1. The number of hydrogen-bond acceptors (Lipinski definition) is 8. The normalized spacial score (nSPS) is 16.2. The Morgan fingerprint density at radius 3 is 2.46 bits per heavy atom. The Hall–Kier alpha value is -4.44. The molecule has 0 spiro atoms. The summed E-state index contributed by atoms with van der Waals surface area (Å²) in [5.41, 5.74) is 7.69. The molecule has 2 fully saturated rings. The second kappa shape index (κ2) is 17.5. The monoisotopic (exact) mass is 678 g/mol. The number of para-hydroxylation sites is 1. The molecule has 50 heavy (non-hydrogen) atoms. The van der Waals surface area contributed by atoms with Crippen LogP contribution in [0.15, 0.2) is 83.0 Å². The maximum Gasteiger partial charge on any atom is 0.251 e. The van der Waals surface area contributed by atoms with E-state index >= 15 is 0 Å². The van der Waals surface area contributed by atoms with E-state index in [-0.39, 0.29) is 5.91 Å². The quantitative estimate of drug-likeness (QED) is 0.181. The highest BCUT2D eigenvalue weighted by atomic mass is 16.5. The van der Waals surface area contributed by atoms with Crippen LogP contribution in [-0.4, -0.2) is 68.5 Å². The lowest BCUT2D eigenvalue weighted by molar-refractivity contribution is -0.112. The summed E-state index contributed by atoms with van der Waals surface area (Å²) in [4.78, 5) is 22.9. The first-order chi connectivity index (χ1) is 24.5. The second-order valence-electron chi connectivity index (χ2n) is 13.1. The van der Waals surface area contributed by atoms with E-state index in [0.29, 0.717) is 38.0 Å². The number of nitrogens with one attached hydrogen (secondary N) is 1. The van der Waals surface area contributed by atoms with Crippen LogP contribution in [0.5, 0.6) is 5.75 Å². The molecule has 0 radical (unpaired) electrons. The van der Waals surface area contributed by atoms with Crippen molar-refractivity contribution in [2.75, 3.05) is 56.8 Å². The van der Waals surface area contributed by atoms with Gasteiger partial charge in [0.25, 0.3) is 5.91 Å². The summed E-state index contributed by atoms with van der Waals surface area (Å²) in [6, 6.07) is 23.2. The third-order valence-electron chi connectivity index (χ3n) is 9.44. The summed E-state index contributed by atoms with van der Waals surface area (Å²) >= 11 is 0. The van der Waals surface area contributed by atoms with Crippen LogP contribution >= 0.6 is 0 Å². The van der Waals surface area contributed by atoms with E-state index in [0.717, 1.165) is 90.9 Å². The lowest BCUT2D eigenvalue weighted by atomic mass is 9.99. The van der Waals surface area contributed by atoms with Crippen molar-refractivity contribution in [3.05, 3.63) is 101 Å². The van der Waals surface area contributed by atoms with Crippen molar-refractivity contribution >= 4 is 23.4 Å². The van der Waals surface area contributed by atoms with Crippen molar-refractivity contribution in [1.82, 2.24) is 9.88 Å². The van der Waals surface area contributed by atoms with E-state index in [1.54, 1.807) is 6.26 Å².